The van der Waals surface area contributed by atoms with Crippen molar-refractivity contribution in [2.75, 3.05) is 19.6 Å². The van der Waals surface area contributed by atoms with Gasteiger partial charge in [0, 0.05) is 19.6 Å². The second-order valence-corrected chi connectivity index (χ2v) is 6.43. The largest absolute Gasteiger partial charge is 0.481 e. The van der Waals surface area contributed by atoms with Gasteiger partial charge in [0.2, 0.25) is 0 Å². The summed E-state index contributed by atoms with van der Waals surface area (Å²) in [5, 5.41) is 15.6. The number of carboxylic acid groups (broad SMARTS) is 1. The summed E-state index contributed by atoms with van der Waals surface area (Å²) >= 11 is 0. The van der Waals surface area contributed by atoms with Crippen molar-refractivity contribution in [3.8, 4) is 0 Å². The molecule has 0 bridgehead atoms. The molecule has 0 aromatic rings. The van der Waals surface area contributed by atoms with Crippen molar-refractivity contribution in [3.05, 3.63) is 0 Å². The van der Waals surface area contributed by atoms with Gasteiger partial charge in [-0.25, -0.2) is 0 Å². The molecule has 1 fully saturated rings. The van der Waals surface area contributed by atoms with Crippen LogP contribution in [0.5, 0.6) is 0 Å². The van der Waals surface area contributed by atoms with E-state index in [1.165, 1.54) is 25.7 Å². The normalized spacial score (nSPS) is 18.4. The minimum absolute atomic E-state index is 0.213. The van der Waals surface area contributed by atoms with Crippen LogP contribution in [0.2, 0.25) is 0 Å². The van der Waals surface area contributed by atoms with E-state index in [1.807, 2.05) is 0 Å². The van der Waals surface area contributed by atoms with Gasteiger partial charge in [0.05, 0.1) is 12.0 Å². The van der Waals surface area contributed by atoms with Crippen molar-refractivity contribution in [2.45, 2.75) is 58.4 Å². The minimum atomic E-state index is -0.715. The van der Waals surface area contributed by atoms with Crippen LogP contribution in [0.1, 0.15) is 52.9 Å². The maximum Gasteiger partial charge on any atom is 0.305 e. The zero-order valence-electron chi connectivity index (χ0n) is 12.0. The number of unbranched alkanes of at least 4 members (excludes halogenated alkanes) is 2. The summed E-state index contributed by atoms with van der Waals surface area (Å²) < 4.78 is 0. The summed E-state index contributed by atoms with van der Waals surface area (Å²) in [7, 11) is 0. The van der Waals surface area contributed by atoms with Crippen LogP contribution in [-0.4, -0.2) is 36.2 Å². The van der Waals surface area contributed by atoms with Crippen LogP contribution in [0.3, 0.4) is 0 Å². The predicted molar refractivity (Wildman–Crippen MR) is 73.8 cm³/mol. The smallest absolute Gasteiger partial charge is 0.305 e. The molecule has 4 nitrogen and oxygen atoms in total. The Morgan fingerprint density at radius 2 is 2.06 bits per heavy atom. The molecule has 0 spiro atoms. The standard InChI is InChI=1S/C14H28N2O2/c1-4-5-6-7-13(2,3)9-16-14(8-12(17)18)10-15-11-14/h15-16H,4-11H2,1-3H3,(H,17,18). The lowest BCUT2D eigenvalue weighted by Gasteiger charge is -2.44. The summed E-state index contributed by atoms with van der Waals surface area (Å²) in [6, 6.07) is 0. The molecule has 0 unspecified atom stereocenters. The van der Waals surface area contributed by atoms with Crippen molar-refractivity contribution >= 4 is 5.97 Å². The molecular weight excluding hydrogens is 228 g/mol. The maximum atomic E-state index is 10.9. The third kappa shape index (κ3) is 4.94. The Morgan fingerprint density at radius 3 is 2.50 bits per heavy atom. The molecule has 1 rings (SSSR count). The van der Waals surface area contributed by atoms with Crippen LogP contribution in [0.15, 0.2) is 0 Å². The van der Waals surface area contributed by atoms with E-state index in [-0.39, 0.29) is 17.4 Å². The molecule has 0 radical (unpaired) electrons. The van der Waals surface area contributed by atoms with E-state index in [4.69, 9.17) is 5.11 Å². The lowest BCUT2D eigenvalue weighted by molar-refractivity contribution is -0.139. The van der Waals surface area contributed by atoms with Gasteiger partial charge in [-0.3, -0.25) is 4.79 Å². The Morgan fingerprint density at radius 1 is 1.39 bits per heavy atom. The topological polar surface area (TPSA) is 61.4 Å². The molecule has 18 heavy (non-hydrogen) atoms. The Kier molecular flexibility index (Phi) is 5.60. The zero-order chi connectivity index (χ0) is 13.6. The lowest BCUT2D eigenvalue weighted by Crippen LogP contribution is -2.69. The molecule has 0 atom stereocenters. The van der Waals surface area contributed by atoms with E-state index in [0.29, 0.717) is 0 Å². The lowest BCUT2D eigenvalue weighted by atomic mass is 9.83. The highest BCUT2D eigenvalue weighted by atomic mass is 16.4. The fraction of sp³-hybridized carbons (Fsp3) is 0.929. The van der Waals surface area contributed by atoms with Gasteiger partial charge in [-0.1, -0.05) is 40.0 Å². The molecular formula is C14H28N2O2. The average molecular weight is 256 g/mol. The average Bonchev–Trinajstić information content (AvgIpc) is 2.22. The Bertz CT molecular complexity index is 273. The Hall–Kier alpha value is -0.610. The summed E-state index contributed by atoms with van der Waals surface area (Å²) in [5.41, 5.74) is 0.0319. The molecule has 3 N–H and O–H groups in total. The summed E-state index contributed by atoms with van der Waals surface area (Å²) in [4.78, 5) is 10.9. The Labute approximate surface area is 111 Å². The number of rotatable bonds is 9. The van der Waals surface area contributed by atoms with Gasteiger partial charge in [-0.15, -0.1) is 0 Å². The molecule has 1 aliphatic heterocycles. The van der Waals surface area contributed by atoms with Gasteiger partial charge in [0.15, 0.2) is 0 Å². The van der Waals surface area contributed by atoms with Crippen molar-refractivity contribution < 1.29 is 9.90 Å². The van der Waals surface area contributed by atoms with E-state index in [2.05, 4.69) is 31.4 Å². The molecule has 1 heterocycles. The first-order chi connectivity index (χ1) is 8.39. The van der Waals surface area contributed by atoms with Gasteiger partial charge in [0.25, 0.3) is 0 Å². The van der Waals surface area contributed by atoms with E-state index in [1.54, 1.807) is 0 Å². The minimum Gasteiger partial charge on any atom is -0.481 e. The highest BCUT2D eigenvalue weighted by molar-refractivity contribution is 5.68. The SMILES string of the molecule is CCCCCC(C)(C)CNC1(CC(=O)O)CNC1. The van der Waals surface area contributed by atoms with Crippen LogP contribution in [0, 0.1) is 5.41 Å². The summed E-state index contributed by atoms with van der Waals surface area (Å²) in [6.07, 6.45) is 5.20. The van der Waals surface area contributed by atoms with Crippen molar-refractivity contribution in [1.29, 1.82) is 0 Å². The van der Waals surface area contributed by atoms with Gasteiger partial charge in [0.1, 0.15) is 0 Å². The number of carboxylic acids is 1. The molecule has 0 aliphatic carbocycles. The fourth-order valence-corrected chi connectivity index (χ4v) is 2.40. The highest BCUT2D eigenvalue weighted by Gasteiger charge is 2.39. The second kappa shape index (κ2) is 6.53. The Balaban J connectivity index is 2.35. The first kappa shape index (κ1) is 15.4. The number of hydrogen-bond donors (Lipinski definition) is 3. The number of aliphatic carboxylic acids is 1. The van der Waals surface area contributed by atoms with Crippen LogP contribution < -0.4 is 10.6 Å². The van der Waals surface area contributed by atoms with Gasteiger partial charge < -0.3 is 15.7 Å². The molecule has 0 saturated carbocycles. The zero-order valence-corrected chi connectivity index (χ0v) is 12.0. The van der Waals surface area contributed by atoms with Gasteiger partial charge >= 0.3 is 5.97 Å². The van der Waals surface area contributed by atoms with Crippen molar-refractivity contribution in [2.24, 2.45) is 5.41 Å². The number of hydrogen-bond acceptors (Lipinski definition) is 3. The molecule has 4 heteroatoms. The van der Waals surface area contributed by atoms with Gasteiger partial charge in [-0.05, 0) is 11.8 Å². The summed E-state index contributed by atoms with van der Waals surface area (Å²) in [5.74, 6) is -0.715. The second-order valence-electron chi connectivity index (χ2n) is 6.43. The fourth-order valence-electron chi connectivity index (χ4n) is 2.40. The summed E-state index contributed by atoms with van der Waals surface area (Å²) in [6.45, 7) is 9.17. The predicted octanol–water partition coefficient (Wildman–Crippen LogP) is 2.00. The van der Waals surface area contributed by atoms with E-state index in [0.717, 1.165) is 19.6 Å². The van der Waals surface area contributed by atoms with Gasteiger partial charge in [-0.2, -0.15) is 0 Å². The van der Waals surface area contributed by atoms with E-state index >= 15 is 0 Å². The number of nitrogens with one attached hydrogen (secondary N) is 2. The third-order valence-electron chi connectivity index (χ3n) is 3.82. The first-order valence-corrected chi connectivity index (χ1v) is 7.07. The monoisotopic (exact) mass is 256 g/mol. The van der Waals surface area contributed by atoms with Crippen LogP contribution in [0.25, 0.3) is 0 Å². The number of carbonyl (C=O) groups is 1. The molecule has 1 aliphatic rings. The molecule has 106 valence electrons. The highest BCUT2D eigenvalue weighted by Crippen LogP contribution is 2.25. The van der Waals surface area contributed by atoms with Crippen LogP contribution >= 0.6 is 0 Å². The quantitative estimate of drug-likeness (QED) is 0.552. The molecule has 1 saturated heterocycles. The molecule has 0 aromatic carbocycles. The van der Waals surface area contributed by atoms with Crippen molar-refractivity contribution in [1.82, 2.24) is 10.6 Å². The van der Waals surface area contributed by atoms with E-state index < -0.39 is 5.97 Å². The third-order valence-corrected chi connectivity index (χ3v) is 3.82. The van der Waals surface area contributed by atoms with Crippen LogP contribution in [0.4, 0.5) is 0 Å². The van der Waals surface area contributed by atoms with Crippen LogP contribution in [-0.2, 0) is 4.79 Å². The molecule has 0 amide bonds. The maximum absolute atomic E-state index is 10.9. The first-order valence-electron chi connectivity index (χ1n) is 7.07. The van der Waals surface area contributed by atoms with Crippen molar-refractivity contribution in [3.63, 3.8) is 0 Å². The van der Waals surface area contributed by atoms with E-state index in [9.17, 15) is 4.79 Å². The molecule has 0 aromatic heterocycles.